The Hall–Kier alpha value is -1.65. The van der Waals surface area contributed by atoms with E-state index in [1.165, 1.54) is 36.0 Å². The summed E-state index contributed by atoms with van der Waals surface area (Å²) >= 11 is 0. The molecule has 3 aliphatic rings. The summed E-state index contributed by atoms with van der Waals surface area (Å²) < 4.78 is 0. The molecule has 1 aliphatic heterocycles. The molecule has 4 nitrogen and oxygen atoms in total. The molecule has 0 bridgehead atoms. The topological polar surface area (TPSA) is 52.6 Å². The number of aliphatic hydroxyl groups excluding tert-OH is 1. The number of nitrogens with zero attached hydrogens (tertiary/aromatic N) is 1. The molecule has 4 heteroatoms. The van der Waals surface area contributed by atoms with Crippen LogP contribution in [0.3, 0.4) is 0 Å². The van der Waals surface area contributed by atoms with E-state index in [4.69, 9.17) is 0 Å². The third-order valence-electron chi connectivity index (χ3n) is 6.43. The fraction of sp³-hybridized carbons (Fsp3) is 0.609. The molecule has 2 N–H and O–H groups in total. The average molecular weight is 369 g/mol. The number of allylic oxidation sites excluding steroid dienone is 2. The van der Waals surface area contributed by atoms with Crippen LogP contribution in [0.15, 0.2) is 30.3 Å². The molecule has 1 aromatic carbocycles. The van der Waals surface area contributed by atoms with Crippen LogP contribution < -0.4 is 5.32 Å². The lowest BCUT2D eigenvalue weighted by molar-refractivity contribution is -0.135. The Bertz CT molecular complexity index is 706. The van der Waals surface area contributed by atoms with E-state index < -0.39 is 0 Å². The van der Waals surface area contributed by atoms with Gasteiger partial charge in [-0.15, -0.1) is 0 Å². The summed E-state index contributed by atoms with van der Waals surface area (Å²) in [6.45, 7) is 5.05. The minimum atomic E-state index is 0.0802. The minimum Gasteiger partial charge on any atom is -0.395 e. The average Bonchev–Trinajstić information content (AvgIpc) is 3.35. The molecular formula is C23H32N2O2. The zero-order valence-electron chi connectivity index (χ0n) is 16.5. The molecule has 2 aliphatic carbocycles. The molecule has 1 saturated heterocycles. The summed E-state index contributed by atoms with van der Waals surface area (Å²) in [4.78, 5) is 14.7. The fourth-order valence-corrected chi connectivity index (χ4v) is 4.63. The molecule has 2 fully saturated rings. The molecule has 0 spiro atoms. The van der Waals surface area contributed by atoms with Crippen LogP contribution in [-0.2, 0) is 4.79 Å². The monoisotopic (exact) mass is 368 g/mol. The Balaban J connectivity index is 1.48. The van der Waals surface area contributed by atoms with Gasteiger partial charge >= 0.3 is 0 Å². The second-order valence-electron chi connectivity index (χ2n) is 8.69. The maximum atomic E-state index is 12.7. The first kappa shape index (κ1) is 18.7. The molecule has 146 valence electrons. The van der Waals surface area contributed by atoms with Gasteiger partial charge in [-0.05, 0) is 62.7 Å². The Morgan fingerprint density at radius 1 is 1.22 bits per heavy atom. The highest BCUT2D eigenvalue weighted by Crippen LogP contribution is 2.36. The quantitative estimate of drug-likeness (QED) is 0.776. The molecule has 0 radical (unpaired) electrons. The Labute approximate surface area is 162 Å². The van der Waals surface area contributed by atoms with Gasteiger partial charge in [0, 0.05) is 36.5 Å². The summed E-state index contributed by atoms with van der Waals surface area (Å²) in [5, 5.41) is 13.3. The SMILES string of the molecule is CC(C)N(C[C@@H]1N[C@H](CO)[C@@H]1c1ccc(C2=CCCC2)cc1)C(=O)C1CC1. The van der Waals surface area contributed by atoms with Gasteiger partial charge < -0.3 is 15.3 Å². The molecule has 1 aromatic rings. The number of benzene rings is 1. The van der Waals surface area contributed by atoms with Crippen molar-refractivity contribution in [1.82, 2.24) is 10.2 Å². The highest BCUT2D eigenvalue weighted by Gasteiger charge is 2.44. The number of aliphatic hydroxyl groups is 1. The first-order valence-corrected chi connectivity index (χ1v) is 10.5. The van der Waals surface area contributed by atoms with E-state index in [2.05, 4.69) is 49.5 Å². The summed E-state index contributed by atoms with van der Waals surface area (Å²) in [6, 6.07) is 9.40. The lowest BCUT2D eigenvalue weighted by atomic mass is 9.77. The molecule has 1 saturated carbocycles. The number of rotatable bonds is 7. The van der Waals surface area contributed by atoms with Gasteiger partial charge in [-0.2, -0.15) is 0 Å². The number of hydrogen-bond acceptors (Lipinski definition) is 3. The second-order valence-corrected chi connectivity index (χ2v) is 8.69. The lowest BCUT2D eigenvalue weighted by Crippen LogP contribution is -2.65. The maximum absolute atomic E-state index is 12.7. The van der Waals surface area contributed by atoms with Gasteiger partial charge in [0.05, 0.1) is 6.61 Å². The predicted molar refractivity (Wildman–Crippen MR) is 108 cm³/mol. The number of amides is 1. The summed E-state index contributed by atoms with van der Waals surface area (Å²) in [6.07, 6.45) is 8.07. The number of nitrogens with one attached hydrogen (secondary N) is 1. The van der Waals surface area contributed by atoms with E-state index in [9.17, 15) is 9.90 Å². The van der Waals surface area contributed by atoms with Crippen molar-refractivity contribution < 1.29 is 9.90 Å². The smallest absolute Gasteiger partial charge is 0.225 e. The van der Waals surface area contributed by atoms with Crippen molar-refractivity contribution in [1.29, 1.82) is 0 Å². The van der Waals surface area contributed by atoms with Crippen molar-refractivity contribution in [3.8, 4) is 0 Å². The summed E-state index contributed by atoms with van der Waals surface area (Å²) in [7, 11) is 0. The van der Waals surface area contributed by atoms with Crippen LogP contribution in [0, 0.1) is 5.92 Å². The molecule has 3 atom stereocenters. The van der Waals surface area contributed by atoms with Crippen LogP contribution in [0.5, 0.6) is 0 Å². The van der Waals surface area contributed by atoms with E-state index in [-0.39, 0.29) is 36.6 Å². The van der Waals surface area contributed by atoms with E-state index in [1.807, 2.05) is 4.90 Å². The molecule has 27 heavy (non-hydrogen) atoms. The zero-order valence-corrected chi connectivity index (χ0v) is 16.5. The van der Waals surface area contributed by atoms with Crippen LogP contribution >= 0.6 is 0 Å². The Kier molecular flexibility index (Phi) is 5.38. The van der Waals surface area contributed by atoms with Gasteiger partial charge in [0.25, 0.3) is 0 Å². The summed E-state index contributed by atoms with van der Waals surface area (Å²) in [5.74, 6) is 0.815. The van der Waals surface area contributed by atoms with Crippen LogP contribution in [0.2, 0.25) is 0 Å². The summed E-state index contributed by atoms with van der Waals surface area (Å²) in [5.41, 5.74) is 4.06. The third kappa shape index (κ3) is 3.83. The molecule has 0 aromatic heterocycles. The van der Waals surface area contributed by atoms with Crippen LogP contribution in [0.1, 0.15) is 63.0 Å². The van der Waals surface area contributed by atoms with Gasteiger partial charge in [0.15, 0.2) is 0 Å². The van der Waals surface area contributed by atoms with Gasteiger partial charge in [-0.1, -0.05) is 30.3 Å². The van der Waals surface area contributed by atoms with Gasteiger partial charge in [0.1, 0.15) is 0 Å². The largest absolute Gasteiger partial charge is 0.395 e. The zero-order chi connectivity index (χ0) is 19.0. The molecule has 1 amide bonds. The van der Waals surface area contributed by atoms with Crippen molar-refractivity contribution in [2.45, 2.75) is 70.0 Å². The predicted octanol–water partition coefficient (Wildman–Crippen LogP) is 3.32. The molecular weight excluding hydrogens is 336 g/mol. The minimum absolute atomic E-state index is 0.0802. The van der Waals surface area contributed by atoms with Crippen LogP contribution in [0.25, 0.3) is 5.57 Å². The van der Waals surface area contributed by atoms with Gasteiger partial charge in [-0.3, -0.25) is 4.79 Å². The number of carbonyl (C=O) groups is 1. The maximum Gasteiger partial charge on any atom is 0.225 e. The second kappa shape index (κ2) is 7.76. The molecule has 4 rings (SSSR count). The molecule has 1 heterocycles. The standard InChI is InChI=1S/C23H32N2O2/c1-15(2)25(23(27)19-11-12-19)13-20-22(21(14-26)24-20)18-9-7-17(8-10-18)16-5-3-4-6-16/h5,7-10,15,19-22,24,26H,3-4,6,11-14H2,1-2H3/t20-,21+,22+/m0/s1. The van der Waals surface area contributed by atoms with Crippen molar-refractivity contribution in [2.24, 2.45) is 5.92 Å². The van der Waals surface area contributed by atoms with Crippen molar-refractivity contribution >= 4 is 11.5 Å². The first-order chi connectivity index (χ1) is 13.1. The van der Waals surface area contributed by atoms with E-state index in [0.717, 1.165) is 19.4 Å². The highest BCUT2D eigenvalue weighted by atomic mass is 16.3. The van der Waals surface area contributed by atoms with Crippen LogP contribution in [0.4, 0.5) is 0 Å². The Morgan fingerprint density at radius 2 is 1.96 bits per heavy atom. The normalized spacial score (nSPS) is 27.4. The number of hydrogen-bond donors (Lipinski definition) is 2. The van der Waals surface area contributed by atoms with E-state index in [0.29, 0.717) is 5.91 Å². The van der Waals surface area contributed by atoms with Gasteiger partial charge in [-0.25, -0.2) is 0 Å². The fourth-order valence-electron chi connectivity index (χ4n) is 4.63. The van der Waals surface area contributed by atoms with Gasteiger partial charge in [0.2, 0.25) is 5.91 Å². The third-order valence-corrected chi connectivity index (χ3v) is 6.43. The van der Waals surface area contributed by atoms with Crippen molar-refractivity contribution in [3.63, 3.8) is 0 Å². The van der Waals surface area contributed by atoms with Crippen LogP contribution in [-0.4, -0.2) is 47.2 Å². The van der Waals surface area contributed by atoms with Crippen molar-refractivity contribution in [2.75, 3.05) is 13.2 Å². The Morgan fingerprint density at radius 3 is 2.52 bits per heavy atom. The lowest BCUT2D eigenvalue weighted by Gasteiger charge is -2.48. The van der Waals surface area contributed by atoms with E-state index in [1.54, 1.807) is 0 Å². The van der Waals surface area contributed by atoms with E-state index >= 15 is 0 Å². The molecule has 0 unspecified atom stereocenters. The van der Waals surface area contributed by atoms with Crippen molar-refractivity contribution in [3.05, 3.63) is 41.5 Å². The highest BCUT2D eigenvalue weighted by molar-refractivity contribution is 5.81. The number of carbonyl (C=O) groups excluding carboxylic acids is 1. The first-order valence-electron chi connectivity index (χ1n) is 10.5.